The van der Waals surface area contributed by atoms with Crippen molar-refractivity contribution in [2.75, 3.05) is 14.2 Å². The maximum atomic E-state index is 12.7. The van der Waals surface area contributed by atoms with Crippen LogP contribution in [-0.4, -0.2) is 34.9 Å². The molecule has 3 rings (SSSR count). The van der Waals surface area contributed by atoms with Crippen molar-refractivity contribution in [3.63, 3.8) is 0 Å². The number of aromatic nitrogens is 2. The minimum Gasteiger partial charge on any atom is -0.497 e. The molecule has 0 aliphatic rings. The van der Waals surface area contributed by atoms with Gasteiger partial charge in [0, 0.05) is 24.3 Å². The first-order valence-electron chi connectivity index (χ1n) is 8.74. The molecule has 1 heterocycles. The molecule has 150 valence electrons. The van der Waals surface area contributed by atoms with E-state index in [2.05, 4.69) is 5.10 Å². The zero-order chi connectivity index (χ0) is 21.0. The Morgan fingerprint density at radius 1 is 1.10 bits per heavy atom. The lowest BCUT2D eigenvalue weighted by Crippen LogP contribution is -2.13. The minimum atomic E-state index is -0.629. The Morgan fingerprint density at radius 2 is 1.83 bits per heavy atom. The normalized spacial score (nSPS) is 10.4. The van der Waals surface area contributed by atoms with Crippen LogP contribution in [0.3, 0.4) is 0 Å². The van der Waals surface area contributed by atoms with Gasteiger partial charge in [0.1, 0.15) is 17.1 Å². The zero-order valence-corrected chi connectivity index (χ0v) is 16.1. The van der Waals surface area contributed by atoms with Crippen LogP contribution >= 0.6 is 0 Å². The van der Waals surface area contributed by atoms with Crippen LogP contribution in [-0.2, 0) is 6.42 Å². The second kappa shape index (κ2) is 8.42. The quantitative estimate of drug-likeness (QED) is 0.341. The molecule has 9 heteroatoms. The number of carbonyl (C=O) groups excluding carboxylic acids is 1. The molecule has 0 aliphatic heterocycles. The maximum absolute atomic E-state index is 12.7. The summed E-state index contributed by atoms with van der Waals surface area (Å²) in [5.74, 6) is 0.419. The fourth-order valence-electron chi connectivity index (χ4n) is 2.67. The molecule has 0 radical (unpaired) electrons. The van der Waals surface area contributed by atoms with E-state index in [0.29, 0.717) is 29.3 Å². The van der Waals surface area contributed by atoms with Gasteiger partial charge in [-0.05, 0) is 30.7 Å². The molecule has 29 heavy (non-hydrogen) atoms. The molecule has 1 aromatic heterocycles. The van der Waals surface area contributed by atoms with Crippen molar-refractivity contribution in [1.29, 1.82) is 0 Å². The van der Waals surface area contributed by atoms with Crippen LogP contribution in [0.2, 0.25) is 0 Å². The molecule has 0 aliphatic carbocycles. The summed E-state index contributed by atoms with van der Waals surface area (Å²) in [5.41, 5.74) is 1.41. The average molecular weight is 397 g/mol. The third-order valence-electron chi connectivity index (χ3n) is 4.22. The van der Waals surface area contributed by atoms with Gasteiger partial charge in [0.2, 0.25) is 5.88 Å². The third-order valence-corrected chi connectivity index (χ3v) is 4.22. The molecular formula is C20H19N3O6. The second-order valence-electron chi connectivity index (χ2n) is 5.97. The van der Waals surface area contributed by atoms with Crippen molar-refractivity contribution in [2.24, 2.45) is 0 Å². The number of rotatable bonds is 7. The zero-order valence-electron chi connectivity index (χ0n) is 16.1. The highest BCUT2D eigenvalue weighted by Crippen LogP contribution is 2.27. The van der Waals surface area contributed by atoms with Gasteiger partial charge in [0.25, 0.3) is 5.69 Å². The van der Waals surface area contributed by atoms with E-state index in [-0.39, 0.29) is 17.1 Å². The van der Waals surface area contributed by atoms with E-state index in [0.717, 1.165) is 0 Å². The van der Waals surface area contributed by atoms with Gasteiger partial charge in [0.05, 0.1) is 30.5 Å². The largest absolute Gasteiger partial charge is 0.497 e. The molecular weight excluding hydrogens is 378 g/mol. The van der Waals surface area contributed by atoms with E-state index >= 15 is 0 Å². The highest BCUT2D eigenvalue weighted by atomic mass is 16.6. The summed E-state index contributed by atoms with van der Waals surface area (Å²) in [5, 5.41) is 15.3. The molecule has 9 nitrogen and oxygen atoms in total. The Bertz CT molecular complexity index is 1040. The van der Waals surface area contributed by atoms with Crippen LogP contribution in [0.1, 0.15) is 23.0 Å². The number of non-ortho nitro benzene ring substituents is 1. The SMILES string of the molecule is CCc1cc(OC(=O)c2ccc(OC)cc2OC)n(-c2ccc([N+](=O)[O-])cc2)n1. The van der Waals surface area contributed by atoms with Gasteiger partial charge >= 0.3 is 5.97 Å². The number of hydrogen-bond donors (Lipinski definition) is 0. The Balaban J connectivity index is 1.94. The maximum Gasteiger partial charge on any atom is 0.348 e. The number of benzene rings is 2. The molecule has 0 saturated carbocycles. The number of carbonyl (C=O) groups is 1. The molecule has 2 aromatic carbocycles. The van der Waals surface area contributed by atoms with Crippen LogP contribution in [0.4, 0.5) is 5.69 Å². The lowest BCUT2D eigenvalue weighted by Gasteiger charge is -2.11. The number of hydrogen-bond acceptors (Lipinski definition) is 7. The Kier molecular flexibility index (Phi) is 5.77. The predicted octanol–water partition coefficient (Wildman–Crippen LogP) is 3.58. The highest BCUT2D eigenvalue weighted by molar-refractivity contribution is 5.94. The molecule has 0 spiro atoms. The van der Waals surface area contributed by atoms with E-state index in [1.807, 2.05) is 6.92 Å². The van der Waals surface area contributed by atoms with Crippen molar-refractivity contribution >= 4 is 11.7 Å². The van der Waals surface area contributed by atoms with Gasteiger partial charge in [-0.1, -0.05) is 6.92 Å². The summed E-state index contributed by atoms with van der Waals surface area (Å²) < 4.78 is 17.4. The molecule has 3 aromatic rings. The fourth-order valence-corrected chi connectivity index (χ4v) is 2.67. The summed E-state index contributed by atoms with van der Waals surface area (Å²) in [7, 11) is 2.96. The number of ether oxygens (including phenoxy) is 3. The van der Waals surface area contributed by atoms with Crippen LogP contribution < -0.4 is 14.2 Å². The summed E-state index contributed by atoms with van der Waals surface area (Å²) >= 11 is 0. The summed E-state index contributed by atoms with van der Waals surface area (Å²) in [6.45, 7) is 1.92. The van der Waals surface area contributed by atoms with Gasteiger partial charge in [-0.25, -0.2) is 9.48 Å². The van der Waals surface area contributed by atoms with Crippen molar-refractivity contribution in [2.45, 2.75) is 13.3 Å². The van der Waals surface area contributed by atoms with Crippen molar-refractivity contribution in [1.82, 2.24) is 9.78 Å². The Hall–Kier alpha value is -3.88. The lowest BCUT2D eigenvalue weighted by molar-refractivity contribution is -0.384. The van der Waals surface area contributed by atoms with Crippen molar-refractivity contribution in [3.8, 4) is 23.1 Å². The predicted molar refractivity (Wildman–Crippen MR) is 104 cm³/mol. The number of nitro groups is 1. The first-order valence-corrected chi connectivity index (χ1v) is 8.74. The van der Waals surface area contributed by atoms with Crippen LogP contribution in [0.25, 0.3) is 5.69 Å². The third kappa shape index (κ3) is 4.18. The summed E-state index contributed by atoms with van der Waals surface area (Å²) in [4.78, 5) is 23.1. The molecule has 0 fully saturated rings. The average Bonchev–Trinajstić information content (AvgIpc) is 3.15. The molecule has 0 atom stereocenters. The van der Waals surface area contributed by atoms with Crippen LogP contribution in [0.15, 0.2) is 48.5 Å². The number of nitrogens with zero attached hydrogens (tertiary/aromatic N) is 3. The standard InChI is InChI=1S/C20H19N3O6/c1-4-13-11-19(22(21-13)14-5-7-15(8-6-14)23(25)26)29-20(24)17-10-9-16(27-2)12-18(17)28-3/h5-12H,4H2,1-3H3. The minimum absolute atomic E-state index is 0.0434. The van der Waals surface area contributed by atoms with Gasteiger partial charge in [-0.3, -0.25) is 10.1 Å². The Morgan fingerprint density at radius 3 is 2.41 bits per heavy atom. The topological polar surface area (TPSA) is 106 Å². The smallest absolute Gasteiger partial charge is 0.348 e. The van der Waals surface area contributed by atoms with Crippen molar-refractivity contribution in [3.05, 3.63) is 69.9 Å². The van der Waals surface area contributed by atoms with Gasteiger partial charge in [-0.15, -0.1) is 0 Å². The number of methoxy groups -OCH3 is 2. The fraction of sp³-hybridized carbons (Fsp3) is 0.200. The molecule has 0 amide bonds. The number of nitro benzene ring substituents is 1. The summed E-state index contributed by atoms with van der Waals surface area (Å²) in [6, 6.07) is 12.2. The first kappa shape index (κ1) is 19.9. The first-order chi connectivity index (χ1) is 14.0. The number of aryl methyl sites for hydroxylation is 1. The van der Waals surface area contributed by atoms with E-state index in [9.17, 15) is 14.9 Å². The molecule has 0 bridgehead atoms. The van der Waals surface area contributed by atoms with Gasteiger partial charge < -0.3 is 14.2 Å². The number of esters is 1. The van der Waals surface area contributed by atoms with E-state index < -0.39 is 10.9 Å². The Labute approximate surface area is 166 Å². The molecule has 0 saturated heterocycles. The monoisotopic (exact) mass is 397 g/mol. The van der Waals surface area contributed by atoms with Crippen LogP contribution in [0, 0.1) is 10.1 Å². The van der Waals surface area contributed by atoms with E-state index in [4.69, 9.17) is 14.2 Å². The summed E-state index contributed by atoms with van der Waals surface area (Å²) in [6.07, 6.45) is 0.621. The van der Waals surface area contributed by atoms with Gasteiger partial charge in [-0.2, -0.15) is 5.10 Å². The van der Waals surface area contributed by atoms with Crippen LogP contribution in [0.5, 0.6) is 17.4 Å². The molecule has 0 N–H and O–H groups in total. The molecule has 0 unspecified atom stereocenters. The highest BCUT2D eigenvalue weighted by Gasteiger charge is 2.20. The van der Waals surface area contributed by atoms with Gasteiger partial charge in [0.15, 0.2) is 0 Å². The van der Waals surface area contributed by atoms with E-state index in [1.165, 1.54) is 43.2 Å². The van der Waals surface area contributed by atoms with Crippen molar-refractivity contribution < 1.29 is 23.9 Å². The lowest BCUT2D eigenvalue weighted by atomic mass is 10.2. The second-order valence-corrected chi connectivity index (χ2v) is 5.97. The van der Waals surface area contributed by atoms with E-state index in [1.54, 1.807) is 24.3 Å².